The number of aromatic nitrogens is 2. The van der Waals surface area contributed by atoms with Crippen molar-refractivity contribution in [3.63, 3.8) is 0 Å². The van der Waals surface area contributed by atoms with Crippen molar-refractivity contribution in [1.82, 2.24) is 20.0 Å². The Morgan fingerprint density at radius 3 is 3.10 bits per heavy atom. The molecule has 2 aromatic heterocycles. The highest BCUT2D eigenvalue weighted by Crippen LogP contribution is 2.45. The normalized spacial score (nSPS) is 31.7. The van der Waals surface area contributed by atoms with Crippen LogP contribution in [0.2, 0.25) is 0 Å². The van der Waals surface area contributed by atoms with Crippen molar-refractivity contribution in [2.75, 3.05) is 19.6 Å². The topological polar surface area (TPSA) is 52.2 Å². The van der Waals surface area contributed by atoms with Crippen LogP contribution in [0.3, 0.4) is 0 Å². The molecule has 0 saturated carbocycles. The van der Waals surface area contributed by atoms with E-state index in [1.807, 2.05) is 12.1 Å². The summed E-state index contributed by atoms with van der Waals surface area (Å²) in [5.74, 6) is 1.37. The van der Waals surface area contributed by atoms with E-state index in [-0.39, 0.29) is 11.9 Å². The van der Waals surface area contributed by atoms with Crippen molar-refractivity contribution in [2.24, 2.45) is 11.8 Å². The fourth-order valence-corrected chi connectivity index (χ4v) is 7.03. The molecular weight excluding hydrogens is 380 g/mol. The lowest BCUT2D eigenvalue weighted by Crippen LogP contribution is -2.60. The van der Waals surface area contributed by atoms with E-state index in [2.05, 4.69) is 37.5 Å². The number of aromatic amines is 1. The summed E-state index contributed by atoms with van der Waals surface area (Å²) >= 11 is 1.67. The molecule has 29 heavy (non-hydrogen) atoms. The van der Waals surface area contributed by atoms with Gasteiger partial charge in [-0.3, -0.25) is 14.8 Å². The molecule has 1 N–H and O–H groups in total. The molecule has 6 rings (SSSR count). The number of piperidine rings is 3. The molecule has 0 aromatic carbocycles. The molecular formula is C23H28N4OS. The van der Waals surface area contributed by atoms with Gasteiger partial charge in [-0.05, 0) is 68.0 Å². The van der Waals surface area contributed by atoms with Crippen molar-refractivity contribution in [3.05, 3.63) is 40.9 Å². The number of thiophene rings is 1. The summed E-state index contributed by atoms with van der Waals surface area (Å²) < 4.78 is 0. The Hall–Kier alpha value is -1.92. The van der Waals surface area contributed by atoms with E-state index < -0.39 is 0 Å². The van der Waals surface area contributed by atoms with Gasteiger partial charge in [-0.15, -0.1) is 11.3 Å². The van der Waals surface area contributed by atoms with Crippen LogP contribution in [0, 0.1) is 11.8 Å². The van der Waals surface area contributed by atoms with Crippen LogP contribution in [0.15, 0.2) is 35.2 Å². The number of likely N-dealkylation sites (tertiary alicyclic amines) is 1. The Labute approximate surface area is 175 Å². The lowest BCUT2D eigenvalue weighted by Gasteiger charge is -2.54. The molecule has 3 saturated heterocycles. The minimum Gasteiger partial charge on any atom is -0.330 e. The fourth-order valence-electron chi connectivity index (χ4n) is 6.34. The molecule has 4 atom stereocenters. The number of hydrogen-bond donors (Lipinski definition) is 1. The van der Waals surface area contributed by atoms with Crippen LogP contribution in [0.1, 0.15) is 49.0 Å². The van der Waals surface area contributed by atoms with E-state index in [0.29, 0.717) is 17.5 Å². The lowest BCUT2D eigenvalue weighted by atomic mass is 9.68. The zero-order valence-corrected chi connectivity index (χ0v) is 17.5. The highest BCUT2D eigenvalue weighted by molar-refractivity contribution is 7.13. The molecule has 6 heteroatoms. The third kappa shape index (κ3) is 2.99. The van der Waals surface area contributed by atoms with Gasteiger partial charge in [-0.2, -0.15) is 5.10 Å². The minimum absolute atomic E-state index is 0.0962. The summed E-state index contributed by atoms with van der Waals surface area (Å²) in [4.78, 5) is 19.5. The summed E-state index contributed by atoms with van der Waals surface area (Å²) in [5, 5.41) is 9.51. The van der Waals surface area contributed by atoms with Gasteiger partial charge >= 0.3 is 0 Å². The van der Waals surface area contributed by atoms with Gasteiger partial charge in [0.05, 0.1) is 16.6 Å². The maximum Gasteiger partial charge on any atom is 0.274 e. The number of H-pyrrole nitrogens is 1. The third-order valence-electron chi connectivity index (χ3n) is 7.50. The summed E-state index contributed by atoms with van der Waals surface area (Å²) in [7, 11) is 0. The Bertz CT molecular complexity index is 933. The fraction of sp³-hybridized carbons (Fsp3) is 0.565. The number of hydrogen-bond acceptors (Lipinski definition) is 4. The number of fused-ring (bicyclic) bond motifs is 6. The van der Waals surface area contributed by atoms with E-state index in [1.165, 1.54) is 37.8 Å². The van der Waals surface area contributed by atoms with Crippen LogP contribution in [-0.4, -0.2) is 57.6 Å². The number of nitrogens with zero attached hydrogens (tertiary/aromatic N) is 3. The standard InChI is InChI=1S/C23H28N4OS/c28-23(19-13-18(24-25-19)21-7-4-10-29-21)27-9-3-5-15-11-16-12-17(22(15)27)14-26-8-2-1-6-20(16)26/h4,7,10-11,13,16-17,20,22H,1-3,5-6,8-9,12,14H2,(H,24,25)/t16?,17?,20-,22-/m1/s1. The van der Waals surface area contributed by atoms with Crippen molar-refractivity contribution < 1.29 is 4.79 Å². The van der Waals surface area contributed by atoms with Crippen molar-refractivity contribution in [3.8, 4) is 10.6 Å². The number of rotatable bonds is 2. The molecule has 5 nitrogen and oxygen atoms in total. The molecule has 2 bridgehead atoms. The van der Waals surface area contributed by atoms with Crippen molar-refractivity contribution >= 4 is 17.2 Å². The summed E-state index contributed by atoms with van der Waals surface area (Å²) in [5.41, 5.74) is 3.03. The zero-order chi connectivity index (χ0) is 19.4. The molecule has 3 aliphatic heterocycles. The smallest absolute Gasteiger partial charge is 0.274 e. The van der Waals surface area contributed by atoms with Gasteiger partial charge in [0.25, 0.3) is 5.91 Å². The Kier molecular flexibility index (Phi) is 4.38. The quantitative estimate of drug-likeness (QED) is 0.759. The van der Waals surface area contributed by atoms with E-state index in [9.17, 15) is 4.79 Å². The number of carbonyl (C=O) groups excluding carboxylic acids is 1. The molecule has 2 aromatic rings. The average molecular weight is 409 g/mol. The first-order chi connectivity index (χ1) is 14.3. The second kappa shape index (κ2) is 7.10. The van der Waals surface area contributed by atoms with E-state index in [0.717, 1.165) is 42.5 Å². The monoisotopic (exact) mass is 408 g/mol. The van der Waals surface area contributed by atoms with Crippen molar-refractivity contribution in [1.29, 1.82) is 0 Å². The lowest BCUT2D eigenvalue weighted by molar-refractivity contribution is 0.00131. The second-order valence-electron chi connectivity index (χ2n) is 9.15. The highest BCUT2D eigenvalue weighted by Gasteiger charge is 2.47. The molecule has 0 radical (unpaired) electrons. The molecule has 0 spiro atoms. The zero-order valence-electron chi connectivity index (χ0n) is 16.7. The Morgan fingerprint density at radius 1 is 1.24 bits per heavy atom. The van der Waals surface area contributed by atoms with Gasteiger partial charge in [0, 0.05) is 19.1 Å². The first-order valence-electron chi connectivity index (χ1n) is 11.1. The maximum absolute atomic E-state index is 13.5. The number of amides is 1. The second-order valence-corrected chi connectivity index (χ2v) is 10.1. The van der Waals surface area contributed by atoms with E-state index >= 15 is 0 Å². The van der Waals surface area contributed by atoms with Gasteiger partial charge in [0.2, 0.25) is 0 Å². The van der Waals surface area contributed by atoms with Gasteiger partial charge in [-0.1, -0.05) is 24.1 Å². The Balaban J connectivity index is 1.29. The van der Waals surface area contributed by atoms with Crippen LogP contribution in [0.25, 0.3) is 10.6 Å². The minimum atomic E-state index is 0.0962. The summed E-state index contributed by atoms with van der Waals surface area (Å²) in [6, 6.07) is 7.04. The molecule has 3 fully saturated rings. The summed E-state index contributed by atoms with van der Waals surface area (Å²) in [6.07, 6.45) is 10.1. The van der Waals surface area contributed by atoms with Crippen LogP contribution < -0.4 is 0 Å². The predicted octanol–water partition coefficient (Wildman–Crippen LogP) is 4.17. The van der Waals surface area contributed by atoms with Crippen LogP contribution >= 0.6 is 11.3 Å². The molecule has 1 amide bonds. The highest BCUT2D eigenvalue weighted by atomic mass is 32.1. The van der Waals surface area contributed by atoms with Crippen LogP contribution in [0.4, 0.5) is 0 Å². The maximum atomic E-state index is 13.5. The third-order valence-corrected chi connectivity index (χ3v) is 8.40. The van der Waals surface area contributed by atoms with Gasteiger partial charge < -0.3 is 4.90 Å². The van der Waals surface area contributed by atoms with Crippen molar-refractivity contribution in [2.45, 2.75) is 50.6 Å². The van der Waals surface area contributed by atoms with Gasteiger partial charge in [0.1, 0.15) is 0 Å². The first kappa shape index (κ1) is 17.9. The SMILES string of the molecule is O=C(c1cc(-c2cccs2)[nH]n1)N1CCCC2=CC3CC(CN4CCCC[C@H]34)[C@@H]21. The molecule has 152 valence electrons. The number of nitrogens with one attached hydrogen (secondary N) is 1. The van der Waals surface area contributed by atoms with Crippen LogP contribution in [0.5, 0.6) is 0 Å². The number of carbonyl (C=O) groups is 1. The van der Waals surface area contributed by atoms with E-state index in [1.54, 1.807) is 11.3 Å². The van der Waals surface area contributed by atoms with Crippen LogP contribution in [-0.2, 0) is 0 Å². The van der Waals surface area contributed by atoms with E-state index in [4.69, 9.17) is 0 Å². The van der Waals surface area contributed by atoms with Gasteiger partial charge in [-0.25, -0.2) is 0 Å². The molecule has 4 aliphatic rings. The molecule has 1 aliphatic carbocycles. The largest absolute Gasteiger partial charge is 0.330 e. The summed E-state index contributed by atoms with van der Waals surface area (Å²) in [6.45, 7) is 3.26. The predicted molar refractivity (Wildman–Crippen MR) is 115 cm³/mol. The van der Waals surface area contributed by atoms with Gasteiger partial charge in [0.15, 0.2) is 5.69 Å². The Morgan fingerprint density at radius 2 is 2.21 bits per heavy atom. The molecule has 2 unspecified atom stereocenters. The first-order valence-corrected chi connectivity index (χ1v) is 12.0. The molecule has 5 heterocycles. The average Bonchev–Trinajstić information content (AvgIpc) is 3.45.